The van der Waals surface area contributed by atoms with E-state index >= 15 is 0 Å². The minimum atomic E-state index is -0.513. The van der Waals surface area contributed by atoms with Crippen LogP contribution in [0.3, 0.4) is 0 Å². The first kappa shape index (κ1) is 23.8. The van der Waals surface area contributed by atoms with Crippen molar-refractivity contribution in [3.63, 3.8) is 0 Å². The molecule has 0 unspecified atom stereocenters. The summed E-state index contributed by atoms with van der Waals surface area (Å²) in [7, 11) is 0. The van der Waals surface area contributed by atoms with E-state index in [1.165, 1.54) is 6.33 Å². The van der Waals surface area contributed by atoms with E-state index in [1.807, 2.05) is 0 Å². The number of nitrogens with zero attached hydrogens (tertiary/aromatic N) is 4. The zero-order valence-electron chi connectivity index (χ0n) is 17.5. The number of hydrogen-bond acceptors (Lipinski definition) is 8. The molecule has 3 rings (SSSR count). The molecule has 0 atom stereocenters. The smallest absolute Gasteiger partial charge is 0.409 e. The third kappa shape index (κ3) is 5.89. The van der Waals surface area contributed by atoms with Crippen LogP contribution in [0, 0.1) is 10.1 Å². The van der Waals surface area contributed by atoms with Crippen LogP contribution >= 0.6 is 23.2 Å². The summed E-state index contributed by atoms with van der Waals surface area (Å²) < 4.78 is 5.02. The van der Waals surface area contributed by atoms with Crippen molar-refractivity contribution in [1.29, 1.82) is 0 Å². The summed E-state index contributed by atoms with van der Waals surface area (Å²) in [6.07, 6.45) is 2.63. The third-order valence-electron chi connectivity index (χ3n) is 5.10. The van der Waals surface area contributed by atoms with Gasteiger partial charge in [-0.15, -0.1) is 0 Å². The number of carbonyl (C=O) groups is 1. The zero-order valence-corrected chi connectivity index (χ0v) is 19.0. The minimum Gasteiger partial charge on any atom is -0.450 e. The van der Waals surface area contributed by atoms with Gasteiger partial charge in [0, 0.05) is 35.7 Å². The SMILES string of the molecule is CCOC(=O)N1CCC(Nc2ncnc(NCCc3c(Cl)cccc3Cl)c2[N+](=O)[O-])CC1. The van der Waals surface area contributed by atoms with Gasteiger partial charge in [0.25, 0.3) is 0 Å². The molecule has 172 valence electrons. The summed E-state index contributed by atoms with van der Waals surface area (Å²) >= 11 is 12.4. The summed E-state index contributed by atoms with van der Waals surface area (Å²) in [6.45, 7) is 3.43. The number of halogens is 2. The first-order valence-electron chi connectivity index (χ1n) is 10.2. The largest absolute Gasteiger partial charge is 0.450 e. The number of benzene rings is 1. The Morgan fingerprint density at radius 1 is 1.25 bits per heavy atom. The van der Waals surface area contributed by atoms with Gasteiger partial charge in [-0.2, -0.15) is 0 Å². The summed E-state index contributed by atoms with van der Waals surface area (Å²) in [5, 5.41) is 19.0. The molecule has 0 bridgehead atoms. The molecule has 0 saturated carbocycles. The number of nitrogens with one attached hydrogen (secondary N) is 2. The number of anilines is 2. The lowest BCUT2D eigenvalue weighted by Crippen LogP contribution is -2.42. The number of amides is 1. The fourth-order valence-corrected chi connectivity index (χ4v) is 4.06. The van der Waals surface area contributed by atoms with Crippen LogP contribution in [0.5, 0.6) is 0 Å². The van der Waals surface area contributed by atoms with Crippen LogP contribution in [0.15, 0.2) is 24.5 Å². The van der Waals surface area contributed by atoms with E-state index in [2.05, 4.69) is 20.6 Å². The topological polar surface area (TPSA) is 123 Å². The van der Waals surface area contributed by atoms with Crippen molar-refractivity contribution in [3.8, 4) is 0 Å². The quantitative estimate of drug-likeness (QED) is 0.419. The molecule has 1 aromatic heterocycles. The average Bonchev–Trinajstić information content (AvgIpc) is 2.76. The van der Waals surface area contributed by atoms with Gasteiger partial charge in [-0.05, 0) is 43.9 Å². The number of carbonyl (C=O) groups excluding carboxylic acids is 1. The second-order valence-corrected chi connectivity index (χ2v) is 7.97. The highest BCUT2D eigenvalue weighted by Crippen LogP contribution is 2.31. The standard InChI is InChI=1S/C20H24Cl2N6O4/c1-2-32-20(29)27-10-7-13(8-11-27)26-19-17(28(30)31)18(24-12-25-19)23-9-6-14-15(21)4-3-5-16(14)22/h3-5,12-13H,2,6-11H2,1H3,(H2,23,24,25,26). The van der Waals surface area contributed by atoms with E-state index in [9.17, 15) is 14.9 Å². The van der Waals surface area contributed by atoms with Crippen LogP contribution in [0.2, 0.25) is 10.0 Å². The van der Waals surface area contributed by atoms with Crippen LogP contribution < -0.4 is 10.6 Å². The first-order valence-corrected chi connectivity index (χ1v) is 11.0. The van der Waals surface area contributed by atoms with Crippen molar-refractivity contribution in [1.82, 2.24) is 14.9 Å². The molecular weight excluding hydrogens is 459 g/mol. The van der Waals surface area contributed by atoms with Gasteiger partial charge in [-0.25, -0.2) is 14.8 Å². The summed E-state index contributed by atoms with van der Waals surface area (Å²) in [5.74, 6) is 0.248. The van der Waals surface area contributed by atoms with Crippen molar-refractivity contribution in [2.75, 3.05) is 36.9 Å². The zero-order chi connectivity index (χ0) is 23.1. The van der Waals surface area contributed by atoms with E-state index in [0.717, 1.165) is 5.56 Å². The van der Waals surface area contributed by atoms with Crippen molar-refractivity contribution >= 4 is 46.6 Å². The number of piperidine rings is 1. The highest BCUT2D eigenvalue weighted by Gasteiger charge is 2.28. The number of rotatable bonds is 8. The Bertz CT molecular complexity index is 949. The molecule has 0 aliphatic carbocycles. The van der Waals surface area contributed by atoms with Crippen LogP contribution in [-0.4, -0.2) is 58.2 Å². The van der Waals surface area contributed by atoms with Crippen molar-refractivity contribution in [2.45, 2.75) is 32.2 Å². The molecule has 1 aliphatic heterocycles. The second kappa shape index (κ2) is 11.1. The van der Waals surface area contributed by atoms with Gasteiger partial charge < -0.3 is 20.3 Å². The van der Waals surface area contributed by atoms with Crippen LogP contribution in [0.4, 0.5) is 22.1 Å². The Morgan fingerprint density at radius 3 is 2.53 bits per heavy atom. The van der Waals surface area contributed by atoms with Crippen molar-refractivity contribution in [3.05, 3.63) is 50.2 Å². The molecule has 0 radical (unpaired) electrons. The molecule has 12 heteroatoms. The Morgan fingerprint density at radius 2 is 1.91 bits per heavy atom. The fourth-order valence-electron chi connectivity index (χ4n) is 3.48. The molecule has 2 aromatic rings. The number of likely N-dealkylation sites (tertiary alicyclic amines) is 1. The highest BCUT2D eigenvalue weighted by atomic mass is 35.5. The van der Waals surface area contributed by atoms with Crippen molar-refractivity contribution in [2.24, 2.45) is 0 Å². The normalized spacial score (nSPS) is 14.2. The fraction of sp³-hybridized carbons (Fsp3) is 0.450. The van der Waals surface area contributed by atoms with E-state index in [0.29, 0.717) is 55.5 Å². The molecule has 1 aromatic carbocycles. The van der Waals surface area contributed by atoms with Gasteiger partial charge in [0.2, 0.25) is 11.6 Å². The molecule has 1 amide bonds. The van der Waals surface area contributed by atoms with Gasteiger partial charge in [-0.1, -0.05) is 29.3 Å². The molecule has 0 spiro atoms. The molecule has 10 nitrogen and oxygen atoms in total. The second-order valence-electron chi connectivity index (χ2n) is 7.16. The van der Waals surface area contributed by atoms with E-state index in [1.54, 1.807) is 30.0 Å². The van der Waals surface area contributed by atoms with Crippen LogP contribution in [0.1, 0.15) is 25.3 Å². The number of nitro groups is 1. The highest BCUT2D eigenvalue weighted by molar-refractivity contribution is 6.36. The molecule has 32 heavy (non-hydrogen) atoms. The molecular formula is C20H24Cl2N6O4. The molecule has 1 saturated heterocycles. The van der Waals surface area contributed by atoms with Gasteiger partial charge in [-0.3, -0.25) is 10.1 Å². The Hall–Kier alpha value is -2.85. The minimum absolute atomic E-state index is 0.0657. The van der Waals surface area contributed by atoms with Crippen LogP contribution in [-0.2, 0) is 11.2 Å². The van der Waals surface area contributed by atoms with Gasteiger partial charge in [0.15, 0.2) is 0 Å². The molecule has 2 heterocycles. The monoisotopic (exact) mass is 482 g/mol. The molecule has 2 N–H and O–H groups in total. The predicted octanol–water partition coefficient (Wildman–Crippen LogP) is 4.38. The maximum Gasteiger partial charge on any atom is 0.409 e. The predicted molar refractivity (Wildman–Crippen MR) is 123 cm³/mol. The van der Waals surface area contributed by atoms with Crippen molar-refractivity contribution < 1.29 is 14.5 Å². The summed E-state index contributed by atoms with van der Waals surface area (Å²) in [5.41, 5.74) is 0.525. The van der Waals surface area contributed by atoms with E-state index in [4.69, 9.17) is 27.9 Å². The summed E-state index contributed by atoms with van der Waals surface area (Å²) in [4.78, 5) is 32.9. The van der Waals surface area contributed by atoms with Crippen LogP contribution in [0.25, 0.3) is 0 Å². The number of hydrogen-bond donors (Lipinski definition) is 2. The average molecular weight is 483 g/mol. The Balaban J connectivity index is 1.65. The molecule has 1 aliphatic rings. The maximum absolute atomic E-state index is 11.8. The van der Waals surface area contributed by atoms with E-state index in [-0.39, 0.29) is 29.5 Å². The maximum atomic E-state index is 11.8. The summed E-state index contributed by atoms with van der Waals surface area (Å²) in [6, 6.07) is 5.17. The van der Waals surface area contributed by atoms with Gasteiger partial charge >= 0.3 is 11.8 Å². The Labute approximate surface area is 195 Å². The molecule has 1 fully saturated rings. The number of aromatic nitrogens is 2. The lowest BCUT2D eigenvalue weighted by Gasteiger charge is -2.31. The van der Waals surface area contributed by atoms with Gasteiger partial charge in [0.1, 0.15) is 6.33 Å². The lowest BCUT2D eigenvalue weighted by molar-refractivity contribution is -0.383. The number of ether oxygens (including phenoxy) is 1. The Kier molecular flexibility index (Phi) is 8.29. The third-order valence-corrected chi connectivity index (χ3v) is 5.80. The lowest BCUT2D eigenvalue weighted by atomic mass is 10.1. The van der Waals surface area contributed by atoms with Gasteiger partial charge in [0.05, 0.1) is 11.5 Å². The van der Waals surface area contributed by atoms with E-state index < -0.39 is 4.92 Å². The first-order chi connectivity index (χ1) is 15.4.